The molecule has 0 radical (unpaired) electrons. The van der Waals surface area contributed by atoms with Crippen LogP contribution in [0, 0.1) is 0 Å². The Kier molecular flexibility index (Phi) is 5.05. The van der Waals surface area contributed by atoms with Gasteiger partial charge in [-0.25, -0.2) is 8.42 Å². The van der Waals surface area contributed by atoms with Gasteiger partial charge in [-0.3, -0.25) is 0 Å². The molecule has 0 aromatic heterocycles. The molecule has 112 valence electrons. The quantitative estimate of drug-likeness (QED) is 0.906. The summed E-state index contributed by atoms with van der Waals surface area (Å²) in [4.78, 5) is 0. The summed E-state index contributed by atoms with van der Waals surface area (Å²) >= 11 is 0. The van der Waals surface area contributed by atoms with Gasteiger partial charge in [-0.05, 0) is 30.5 Å². The van der Waals surface area contributed by atoms with E-state index in [0.717, 1.165) is 43.2 Å². The van der Waals surface area contributed by atoms with Gasteiger partial charge in [0.25, 0.3) is 0 Å². The maximum absolute atomic E-state index is 12.4. The Hall–Kier alpha value is -1.07. The third kappa shape index (κ3) is 3.52. The topological polar surface area (TPSA) is 69.4 Å². The first-order chi connectivity index (χ1) is 9.56. The summed E-state index contributed by atoms with van der Waals surface area (Å²) in [5.41, 5.74) is 7.33. The smallest absolute Gasteiger partial charge is 0.157 e. The molecule has 5 heteroatoms. The SMILES string of the molecule is COc1ccc(CS(=O)(=O)C2CCCCC2)cc1CN. The van der Waals surface area contributed by atoms with Gasteiger partial charge in [-0.15, -0.1) is 0 Å². The maximum atomic E-state index is 12.4. The molecule has 1 fully saturated rings. The molecule has 1 aromatic carbocycles. The van der Waals surface area contributed by atoms with Gasteiger partial charge in [-0.2, -0.15) is 0 Å². The van der Waals surface area contributed by atoms with E-state index in [9.17, 15) is 8.42 Å². The molecule has 1 aromatic rings. The molecule has 0 saturated heterocycles. The lowest BCUT2D eigenvalue weighted by atomic mass is 10.0. The van der Waals surface area contributed by atoms with Gasteiger partial charge in [0.1, 0.15) is 5.75 Å². The van der Waals surface area contributed by atoms with E-state index in [1.807, 2.05) is 12.1 Å². The molecule has 20 heavy (non-hydrogen) atoms. The summed E-state index contributed by atoms with van der Waals surface area (Å²) < 4.78 is 30.1. The van der Waals surface area contributed by atoms with Crippen LogP contribution in [0.1, 0.15) is 43.2 Å². The van der Waals surface area contributed by atoms with Crippen LogP contribution in [-0.4, -0.2) is 20.8 Å². The van der Waals surface area contributed by atoms with Gasteiger partial charge in [-0.1, -0.05) is 25.3 Å². The van der Waals surface area contributed by atoms with Gasteiger partial charge in [0.2, 0.25) is 0 Å². The molecule has 1 aliphatic carbocycles. The van der Waals surface area contributed by atoms with Crippen molar-refractivity contribution in [2.45, 2.75) is 49.7 Å². The minimum Gasteiger partial charge on any atom is -0.496 e. The first-order valence-electron chi connectivity index (χ1n) is 7.14. The van der Waals surface area contributed by atoms with Crippen LogP contribution in [0.25, 0.3) is 0 Å². The molecule has 0 amide bonds. The normalized spacial score (nSPS) is 17.1. The molecule has 1 aliphatic rings. The van der Waals surface area contributed by atoms with Gasteiger partial charge in [0, 0.05) is 12.1 Å². The Balaban J connectivity index is 2.16. The third-order valence-corrected chi connectivity index (χ3v) is 6.22. The van der Waals surface area contributed by atoms with E-state index in [-0.39, 0.29) is 11.0 Å². The van der Waals surface area contributed by atoms with Crippen molar-refractivity contribution < 1.29 is 13.2 Å². The van der Waals surface area contributed by atoms with Gasteiger partial charge < -0.3 is 10.5 Å². The average molecular weight is 297 g/mol. The molecular formula is C15H23NO3S. The highest BCUT2D eigenvalue weighted by Gasteiger charge is 2.27. The number of sulfone groups is 1. The van der Waals surface area contributed by atoms with Crippen molar-refractivity contribution >= 4 is 9.84 Å². The second-order valence-electron chi connectivity index (χ2n) is 5.42. The number of benzene rings is 1. The molecule has 0 aliphatic heterocycles. The lowest BCUT2D eigenvalue weighted by molar-refractivity contribution is 0.409. The van der Waals surface area contributed by atoms with E-state index in [0.29, 0.717) is 12.3 Å². The van der Waals surface area contributed by atoms with Crippen LogP contribution in [-0.2, 0) is 22.1 Å². The Morgan fingerprint density at radius 3 is 2.55 bits per heavy atom. The lowest BCUT2D eigenvalue weighted by Crippen LogP contribution is -2.25. The van der Waals surface area contributed by atoms with Crippen LogP contribution in [0.3, 0.4) is 0 Å². The van der Waals surface area contributed by atoms with Crippen LogP contribution >= 0.6 is 0 Å². The molecule has 2 N–H and O–H groups in total. The number of nitrogens with two attached hydrogens (primary N) is 1. The van der Waals surface area contributed by atoms with Crippen molar-refractivity contribution in [1.29, 1.82) is 0 Å². The Labute approximate surface area is 121 Å². The number of hydrogen-bond donors (Lipinski definition) is 1. The Morgan fingerprint density at radius 2 is 1.95 bits per heavy atom. The van der Waals surface area contributed by atoms with Gasteiger partial charge >= 0.3 is 0 Å². The van der Waals surface area contributed by atoms with Crippen molar-refractivity contribution in [2.24, 2.45) is 5.73 Å². The zero-order valence-corrected chi connectivity index (χ0v) is 12.8. The van der Waals surface area contributed by atoms with Crippen molar-refractivity contribution in [3.8, 4) is 5.75 Å². The predicted molar refractivity (Wildman–Crippen MR) is 80.4 cm³/mol. The summed E-state index contributed by atoms with van der Waals surface area (Å²) in [6, 6.07) is 5.46. The number of methoxy groups -OCH3 is 1. The van der Waals surface area contributed by atoms with E-state index in [4.69, 9.17) is 10.5 Å². The molecule has 0 bridgehead atoms. The van der Waals surface area contributed by atoms with Crippen molar-refractivity contribution in [1.82, 2.24) is 0 Å². The van der Waals surface area contributed by atoms with Crippen molar-refractivity contribution in [3.63, 3.8) is 0 Å². The van der Waals surface area contributed by atoms with Crippen molar-refractivity contribution in [3.05, 3.63) is 29.3 Å². The zero-order valence-electron chi connectivity index (χ0n) is 12.0. The summed E-state index contributed by atoms with van der Waals surface area (Å²) in [7, 11) is -1.47. The summed E-state index contributed by atoms with van der Waals surface area (Å²) in [6.45, 7) is 0.348. The standard InChI is InChI=1S/C15H23NO3S/c1-19-15-8-7-12(9-13(15)10-16)11-20(17,18)14-5-3-2-4-6-14/h7-9,14H,2-6,10-11,16H2,1H3. The molecule has 0 spiro atoms. The summed E-state index contributed by atoms with van der Waals surface area (Å²) in [5, 5.41) is -0.167. The Bertz CT molecular complexity index is 548. The molecule has 0 unspecified atom stereocenters. The highest BCUT2D eigenvalue weighted by molar-refractivity contribution is 7.91. The molecule has 0 heterocycles. The lowest BCUT2D eigenvalue weighted by Gasteiger charge is -2.22. The van der Waals surface area contributed by atoms with E-state index in [1.54, 1.807) is 13.2 Å². The second kappa shape index (κ2) is 6.59. The van der Waals surface area contributed by atoms with Crippen LogP contribution in [0.5, 0.6) is 5.75 Å². The Morgan fingerprint density at radius 1 is 1.25 bits per heavy atom. The third-order valence-electron chi connectivity index (χ3n) is 3.99. The summed E-state index contributed by atoms with van der Waals surface area (Å²) in [6.07, 6.45) is 4.83. The summed E-state index contributed by atoms with van der Waals surface area (Å²) in [5.74, 6) is 0.820. The van der Waals surface area contributed by atoms with E-state index < -0.39 is 9.84 Å². The number of rotatable bonds is 5. The highest BCUT2D eigenvalue weighted by atomic mass is 32.2. The van der Waals surface area contributed by atoms with Crippen LogP contribution in [0.2, 0.25) is 0 Å². The second-order valence-corrected chi connectivity index (χ2v) is 7.70. The molecule has 1 saturated carbocycles. The van der Waals surface area contributed by atoms with Crippen LogP contribution < -0.4 is 10.5 Å². The molecular weight excluding hydrogens is 274 g/mol. The van der Waals surface area contributed by atoms with E-state index in [2.05, 4.69) is 0 Å². The minimum atomic E-state index is -3.06. The number of ether oxygens (including phenoxy) is 1. The van der Waals surface area contributed by atoms with Crippen molar-refractivity contribution in [2.75, 3.05) is 7.11 Å². The van der Waals surface area contributed by atoms with Gasteiger partial charge in [0.15, 0.2) is 9.84 Å². The fraction of sp³-hybridized carbons (Fsp3) is 0.600. The van der Waals surface area contributed by atoms with Crippen LogP contribution in [0.4, 0.5) is 0 Å². The molecule has 0 atom stereocenters. The van der Waals surface area contributed by atoms with Gasteiger partial charge in [0.05, 0.1) is 18.1 Å². The van der Waals surface area contributed by atoms with Crippen LogP contribution in [0.15, 0.2) is 18.2 Å². The fourth-order valence-corrected chi connectivity index (χ4v) is 4.79. The zero-order chi connectivity index (χ0) is 14.6. The average Bonchev–Trinajstić information content (AvgIpc) is 2.47. The van der Waals surface area contributed by atoms with E-state index >= 15 is 0 Å². The largest absolute Gasteiger partial charge is 0.496 e. The monoisotopic (exact) mass is 297 g/mol. The maximum Gasteiger partial charge on any atom is 0.157 e. The molecule has 2 rings (SSSR count). The fourth-order valence-electron chi connectivity index (χ4n) is 2.86. The molecule has 4 nitrogen and oxygen atoms in total. The first-order valence-corrected chi connectivity index (χ1v) is 8.86. The highest BCUT2D eigenvalue weighted by Crippen LogP contribution is 2.27. The van der Waals surface area contributed by atoms with E-state index in [1.165, 1.54) is 0 Å². The number of hydrogen-bond acceptors (Lipinski definition) is 4. The first kappa shape index (κ1) is 15.3. The minimum absolute atomic E-state index is 0.106. The predicted octanol–water partition coefficient (Wildman–Crippen LogP) is 2.40.